The van der Waals surface area contributed by atoms with Gasteiger partial charge in [0.2, 0.25) is 0 Å². The summed E-state index contributed by atoms with van der Waals surface area (Å²) in [6, 6.07) is 9.84. The van der Waals surface area contributed by atoms with E-state index in [1.54, 1.807) is 18.5 Å². The fourth-order valence-corrected chi connectivity index (χ4v) is 1.68. The molecule has 0 saturated heterocycles. The molecule has 2 rings (SSSR count). The maximum atomic E-state index is 11.8. The minimum absolute atomic E-state index is 0.0909. The van der Waals surface area contributed by atoms with Crippen molar-refractivity contribution in [2.24, 2.45) is 5.41 Å². The Morgan fingerprint density at radius 3 is 2.68 bits per heavy atom. The Hall–Kier alpha value is -2.16. The van der Waals surface area contributed by atoms with E-state index in [4.69, 9.17) is 0 Å². The number of hydrogen-bond acceptors (Lipinski definition) is 3. The number of carbonyl (C=O) groups is 1. The number of ketones is 1. The van der Waals surface area contributed by atoms with Gasteiger partial charge in [-0.3, -0.25) is 9.78 Å². The molecule has 1 aromatic heterocycles. The predicted molar refractivity (Wildman–Crippen MR) is 79.0 cm³/mol. The van der Waals surface area contributed by atoms with E-state index in [0.29, 0.717) is 0 Å². The van der Waals surface area contributed by atoms with Crippen molar-refractivity contribution < 1.29 is 4.79 Å². The molecule has 0 amide bonds. The fraction of sp³-hybridized carbons (Fsp3) is 0.250. The van der Waals surface area contributed by atoms with Crippen LogP contribution in [0.1, 0.15) is 20.8 Å². The highest BCUT2D eigenvalue weighted by Crippen LogP contribution is 2.21. The Bertz CT molecular complexity index is 619. The van der Waals surface area contributed by atoms with Crippen molar-refractivity contribution >= 4 is 22.4 Å². The molecule has 0 spiro atoms. The average Bonchev–Trinajstić information content (AvgIpc) is 2.38. The van der Waals surface area contributed by atoms with Crippen LogP contribution in [0, 0.1) is 5.41 Å². The minimum atomic E-state index is -0.352. The third-order valence-electron chi connectivity index (χ3n) is 2.85. The van der Waals surface area contributed by atoms with Gasteiger partial charge in [-0.05, 0) is 18.2 Å². The SMILES string of the molecule is CC(C)(C)C(=O)C=CNc1cccc2cccnc12. The molecule has 1 N–H and O–H groups in total. The Morgan fingerprint density at radius 2 is 1.95 bits per heavy atom. The topological polar surface area (TPSA) is 42.0 Å². The van der Waals surface area contributed by atoms with Crippen LogP contribution < -0.4 is 5.32 Å². The summed E-state index contributed by atoms with van der Waals surface area (Å²) in [4.78, 5) is 16.1. The molecule has 0 bridgehead atoms. The molecule has 0 aliphatic heterocycles. The standard InChI is InChI=1S/C16H18N2O/c1-16(2,3)14(19)9-11-17-13-8-4-6-12-7-5-10-18-15(12)13/h4-11,17H,1-3H3. The quantitative estimate of drug-likeness (QED) is 0.848. The van der Waals surface area contributed by atoms with Crippen LogP contribution in [0.15, 0.2) is 48.8 Å². The Balaban J connectivity index is 2.19. The van der Waals surface area contributed by atoms with Gasteiger partial charge in [0.15, 0.2) is 5.78 Å². The van der Waals surface area contributed by atoms with E-state index in [1.165, 1.54) is 0 Å². The van der Waals surface area contributed by atoms with Crippen LogP contribution in [0.5, 0.6) is 0 Å². The molecule has 0 saturated carbocycles. The average molecular weight is 254 g/mol. The smallest absolute Gasteiger partial charge is 0.162 e. The maximum Gasteiger partial charge on any atom is 0.162 e. The van der Waals surface area contributed by atoms with Crippen LogP contribution in [0.25, 0.3) is 10.9 Å². The van der Waals surface area contributed by atoms with E-state index in [9.17, 15) is 4.79 Å². The number of fused-ring (bicyclic) bond motifs is 1. The van der Waals surface area contributed by atoms with Gasteiger partial charge >= 0.3 is 0 Å². The Morgan fingerprint density at radius 1 is 1.21 bits per heavy atom. The second-order valence-electron chi connectivity index (χ2n) is 5.47. The lowest BCUT2D eigenvalue weighted by atomic mass is 9.91. The van der Waals surface area contributed by atoms with Gasteiger partial charge in [0.1, 0.15) is 0 Å². The van der Waals surface area contributed by atoms with Crippen LogP contribution in [-0.2, 0) is 4.79 Å². The molecule has 1 aromatic carbocycles. The van der Waals surface area contributed by atoms with Crippen molar-refractivity contribution in [1.82, 2.24) is 4.98 Å². The highest BCUT2D eigenvalue weighted by atomic mass is 16.1. The molecule has 0 atom stereocenters. The molecule has 0 unspecified atom stereocenters. The van der Waals surface area contributed by atoms with Crippen LogP contribution >= 0.6 is 0 Å². The van der Waals surface area contributed by atoms with Gasteiger partial charge < -0.3 is 5.32 Å². The monoisotopic (exact) mass is 254 g/mol. The van der Waals surface area contributed by atoms with Crippen molar-refractivity contribution in [2.45, 2.75) is 20.8 Å². The van der Waals surface area contributed by atoms with Crippen molar-refractivity contribution in [3.8, 4) is 0 Å². The van der Waals surface area contributed by atoms with Gasteiger partial charge in [-0.15, -0.1) is 0 Å². The zero-order chi connectivity index (χ0) is 13.9. The van der Waals surface area contributed by atoms with Gasteiger partial charge in [0.25, 0.3) is 0 Å². The highest BCUT2D eigenvalue weighted by molar-refractivity contribution is 5.95. The van der Waals surface area contributed by atoms with E-state index < -0.39 is 0 Å². The summed E-state index contributed by atoms with van der Waals surface area (Å²) in [6.45, 7) is 5.71. The van der Waals surface area contributed by atoms with Gasteiger partial charge in [0, 0.05) is 23.2 Å². The molecule has 0 aliphatic rings. The van der Waals surface area contributed by atoms with E-state index in [1.807, 2.05) is 51.1 Å². The maximum absolute atomic E-state index is 11.8. The van der Waals surface area contributed by atoms with Crippen molar-refractivity contribution in [1.29, 1.82) is 0 Å². The van der Waals surface area contributed by atoms with E-state index in [-0.39, 0.29) is 11.2 Å². The molecule has 3 nitrogen and oxygen atoms in total. The van der Waals surface area contributed by atoms with Gasteiger partial charge in [0.05, 0.1) is 11.2 Å². The number of pyridine rings is 1. The van der Waals surface area contributed by atoms with Gasteiger partial charge in [-0.2, -0.15) is 0 Å². The fourth-order valence-electron chi connectivity index (χ4n) is 1.68. The summed E-state index contributed by atoms with van der Waals surface area (Å²) in [5.41, 5.74) is 1.45. The molecule has 0 fully saturated rings. The number of rotatable bonds is 3. The third kappa shape index (κ3) is 3.19. The molecule has 19 heavy (non-hydrogen) atoms. The van der Waals surface area contributed by atoms with Crippen LogP contribution in [0.2, 0.25) is 0 Å². The number of nitrogens with zero attached hydrogens (tertiary/aromatic N) is 1. The highest BCUT2D eigenvalue weighted by Gasteiger charge is 2.17. The number of anilines is 1. The number of carbonyl (C=O) groups excluding carboxylic acids is 1. The largest absolute Gasteiger partial charge is 0.360 e. The second kappa shape index (κ2) is 5.22. The first-order valence-electron chi connectivity index (χ1n) is 6.30. The Kier molecular flexibility index (Phi) is 3.65. The Labute approximate surface area is 113 Å². The number of aromatic nitrogens is 1. The molecule has 2 aromatic rings. The number of benzene rings is 1. The molecule has 3 heteroatoms. The number of nitrogens with one attached hydrogen (secondary N) is 1. The van der Waals surface area contributed by atoms with Crippen LogP contribution in [0.3, 0.4) is 0 Å². The zero-order valence-electron chi connectivity index (χ0n) is 11.5. The first-order chi connectivity index (χ1) is 8.98. The van der Waals surface area contributed by atoms with E-state index >= 15 is 0 Å². The first kappa shape index (κ1) is 13.3. The predicted octanol–water partition coefficient (Wildman–Crippen LogP) is 3.78. The van der Waals surface area contributed by atoms with Crippen molar-refractivity contribution in [3.05, 3.63) is 48.8 Å². The molecular formula is C16H18N2O. The lowest BCUT2D eigenvalue weighted by molar-refractivity contribution is -0.121. The summed E-state index contributed by atoms with van der Waals surface area (Å²) < 4.78 is 0. The molecular weight excluding hydrogens is 236 g/mol. The first-order valence-corrected chi connectivity index (χ1v) is 6.30. The zero-order valence-corrected chi connectivity index (χ0v) is 11.5. The molecule has 98 valence electrons. The number of hydrogen-bond donors (Lipinski definition) is 1. The molecule has 0 aliphatic carbocycles. The van der Waals surface area contributed by atoms with E-state index in [0.717, 1.165) is 16.6 Å². The second-order valence-corrected chi connectivity index (χ2v) is 5.47. The van der Waals surface area contributed by atoms with E-state index in [2.05, 4.69) is 10.3 Å². The lowest BCUT2D eigenvalue weighted by Crippen LogP contribution is -2.17. The third-order valence-corrected chi connectivity index (χ3v) is 2.85. The normalized spacial score (nSPS) is 11.9. The summed E-state index contributed by atoms with van der Waals surface area (Å²) in [7, 11) is 0. The summed E-state index contributed by atoms with van der Waals surface area (Å²) in [5, 5.41) is 4.20. The lowest BCUT2D eigenvalue weighted by Gasteiger charge is -2.13. The van der Waals surface area contributed by atoms with Crippen molar-refractivity contribution in [3.63, 3.8) is 0 Å². The summed E-state index contributed by atoms with van der Waals surface area (Å²) >= 11 is 0. The summed E-state index contributed by atoms with van der Waals surface area (Å²) in [6.07, 6.45) is 5.01. The van der Waals surface area contributed by atoms with Gasteiger partial charge in [-0.25, -0.2) is 0 Å². The van der Waals surface area contributed by atoms with Crippen molar-refractivity contribution in [2.75, 3.05) is 5.32 Å². The van der Waals surface area contributed by atoms with Crippen LogP contribution in [-0.4, -0.2) is 10.8 Å². The minimum Gasteiger partial charge on any atom is -0.360 e. The number of allylic oxidation sites excluding steroid dienone is 1. The molecule has 1 heterocycles. The van der Waals surface area contributed by atoms with Crippen LogP contribution in [0.4, 0.5) is 5.69 Å². The van der Waals surface area contributed by atoms with Gasteiger partial charge in [-0.1, -0.05) is 39.0 Å². The molecule has 0 radical (unpaired) electrons. The number of para-hydroxylation sites is 1. The summed E-state index contributed by atoms with van der Waals surface area (Å²) in [5.74, 6) is 0.0909.